The number of aliphatic carboxylic acids is 1. The molecule has 1 saturated heterocycles. The third-order valence-electron chi connectivity index (χ3n) is 4.84. The smallest absolute Gasteiger partial charge is 0.306 e. The first-order chi connectivity index (χ1) is 12.1. The van der Waals surface area contributed by atoms with Crippen LogP contribution in [0, 0.1) is 5.92 Å². The third kappa shape index (κ3) is 3.97. The molecule has 1 fully saturated rings. The Kier molecular flexibility index (Phi) is 5.61. The number of hydrogen-bond acceptors (Lipinski definition) is 3. The molecule has 3 rings (SSSR count). The van der Waals surface area contributed by atoms with E-state index in [1.54, 1.807) is 7.11 Å². The standard InChI is InChI=1S/C20H22ClNO3/c1-25-18-8-3-2-7-17(18)19(15-5-4-6-16(21)13-15)22-11-9-14(10-12-22)20(23)24/h2-8,13-14,19H,9-12H2,1H3,(H,23,24). The topological polar surface area (TPSA) is 49.8 Å². The number of carboxylic acid groups (broad SMARTS) is 1. The fraction of sp³-hybridized carbons (Fsp3) is 0.350. The molecule has 1 N–H and O–H groups in total. The van der Waals surface area contributed by atoms with Crippen LogP contribution in [0.25, 0.3) is 0 Å². The Bertz CT molecular complexity index is 741. The second kappa shape index (κ2) is 7.89. The zero-order valence-electron chi connectivity index (χ0n) is 14.2. The van der Waals surface area contributed by atoms with E-state index in [0.717, 1.165) is 30.0 Å². The average molecular weight is 360 g/mol. The molecule has 1 atom stereocenters. The maximum Gasteiger partial charge on any atom is 0.306 e. The molecule has 132 valence electrons. The molecule has 1 heterocycles. The number of ether oxygens (including phenoxy) is 1. The highest BCUT2D eigenvalue weighted by atomic mass is 35.5. The van der Waals surface area contributed by atoms with Crippen LogP contribution in [0.4, 0.5) is 0 Å². The number of carboxylic acids is 1. The van der Waals surface area contributed by atoms with Crippen LogP contribution in [0.2, 0.25) is 5.02 Å². The molecular weight excluding hydrogens is 338 g/mol. The van der Waals surface area contributed by atoms with Crippen molar-refractivity contribution in [3.8, 4) is 5.75 Å². The Morgan fingerprint density at radius 2 is 1.92 bits per heavy atom. The Balaban J connectivity index is 1.97. The molecule has 2 aromatic carbocycles. The van der Waals surface area contributed by atoms with Crippen molar-refractivity contribution in [2.24, 2.45) is 5.92 Å². The minimum atomic E-state index is -0.698. The van der Waals surface area contributed by atoms with E-state index in [1.807, 2.05) is 36.4 Å². The quantitative estimate of drug-likeness (QED) is 0.867. The van der Waals surface area contributed by atoms with Crippen LogP contribution in [0.15, 0.2) is 48.5 Å². The van der Waals surface area contributed by atoms with Crippen LogP contribution in [-0.2, 0) is 4.79 Å². The molecule has 0 aliphatic carbocycles. The number of carbonyl (C=O) groups is 1. The van der Waals surface area contributed by atoms with Crippen molar-refractivity contribution in [1.82, 2.24) is 4.90 Å². The van der Waals surface area contributed by atoms with E-state index in [0.29, 0.717) is 17.9 Å². The Labute approximate surface area is 153 Å². The SMILES string of the molecule is COc1ccccc1C(c1cccc(Cl)c1)N1CCC(C(=O)O)CC1. The molecule has 1 unspecified atom stereocenters. The van der Waals surface area contributed by atoms with Crippen LogP contribution < -0.4 is 4.74 Å². The van der Waals surface area contributed by atoms with E-state index in [1.165, 1.54) is 0 Å². The van der Waals surface area contributed by atoms with E-state index in [9.17, 15) is 9.90 Å². The van der Waals surface area contributed by atoms with Gasteiger partial charge in [0.25, 0.3) is 0 Å². The van der Waals surface area contributed by atoms with Gasteiger partial charge in [-0.15, -0.1) is 0 Å². The van der Waals surface area contributed by atoms with Gasteiger partial charge in [0.05, 0.1) is 19.1 Å². The number of rotatable bonds is 5. The van der Waals surface area contributed by atoms with Gasteiger partial charge >= 0.3 is 5.97 Å². The predicted molar refractivity (Wildman–Crippen MR) is 98.2 cm³/mol. The van der Waals surface area contributed by atoms with Crippen molar-refractivity contribution in [3.63, 3.8) is 0 Å². The Hall–Kier alpha value is -2.04. The minimum absolute atomic E-state index is 0.00963. The highest BCUT2D eigenvalue weighted by molar-refractivity contribution is 6.30. The summed E-state index contributed by atoms with van der Waals surface area (Å²) in [6.45, 7) is 1.46. The summed E-state index contributed by atoms with van der Waals surface area (Å²) >= 11 is 6.23. The highest BCUT2D eigenvalue weighted by Gasteiger charge is 2.31. The molecule has 0 aromatic heterocycles. The van der Waals surface area contributed by atoms with Gasteiger partial charge in [-0.1, -0.05) is 41.9 Å². The van der Waals surface area contributed by atoms with Gasteiger partial charge in [0.1, 0.15) is 5.75 Å². The molecule has 1 aliphatic heterocycles. The Morgan fingerprint density at radius 1 is 1.20 bits per heavy atom. The Morgan fingerprint density at radius 3 is 2.56 bits per heavy atom. The van der Waals surface area contributed by atoms with Crippen LogP contribution in [0.3, 0.4) is 0 Å². The summed E-state index contributed by atoms with van der Waals surface area (Å²) in [5.74, 6) is -0.127. The summed E-state index contributed by atoms with van der Waals surface area (Å²) in [6, 6.07) is 15.8. The van der Waals surface area contributed by atoms with Crippen molar-refractivity contribution in [2.75, 3.05) is 20.2 Å². The van der Waals surface area contributed by atoms with E-state index >= 15 is 0 Å². The molecule has 2 aromatic rings. The van der Waals surface area contributed by atoms with E-state index < -0.39 is 5.97 Å². The van der Waals surface area contributed by atoms with Gasteiger partial charge in [0.15, 0.2) is 0 Å². The third-order valence-corrected chi connectivity index (χ3v) is 5.08. The molecule has 0 spiro atoms. The van der Waals surface area contributed by atoms with Crippen LogP contribution >= 0.6 is 11.6 Å². The fourth-order valence-corrected chi connectivity index (χ4v) is 3.76. The van der Waals surface area contributed by atoms with E-state index in [4.69, 9.17) is 16.3 Å². The number of likely N-dealkylation sites (tertiary alicyclic amines) is 1. The summed E-state index contributed by atoms with van der Waals surface area (Å²) in [4.78, 5) is 13.6. The summed E-state index contributed by atoms with van der Waals surface area (Å²) < 4.78 is 5.57. The van der Waals surface area contributed by atoms with Crippen LogP contribution in [0.5, 0.6) is 5.75 Å². The second-order valence-corrected chi connectivity index (χ2v) is 6.78. The number of nitrogens with zero attached hydrogens (tertiary/aromatic N) is 1. The van der Waals surface area contributed by atoms with Gasteiger partial charge in [-0.2, -0.15) is 0 Å². The molecule has 0 bridgehead atoms. The van der Waals surface area contributed by atoms with Gasteiger partial charge in [-0.25, -0.2) is 0 Å². The van der Waals surface area contributed by atoms with Crippen molar-refractivity contribution in [1.29, 1.82) is 0 Å². The van der Waals surface area contributed by atoms with Gasteiger partial charge in [-0.3, -0.25) is 9.69 Å². The van der Waals surface area contributed by atoms with E-state index in [-0.39, 0.29) is 12.0 Å². The van der Waals surface area contributed by atoms with Crippen LogP contribution in [-0.4, -0.2) is 36.2 Å². The van der Waals surface area contributed by atoms with E-state index in [2.05, 4.69) is 17.0 Å². The normalized spacial score (nSPS) is 17.2. The minimum Gasteiger partial charge on any atom is -0.496 e. The van der Waals surface area contributed by atoms with Crippen molar-refractivity contribution in [3.05, 3.63) is 64.7 Å². The largest absolute Gasteiger partial charge is 0.496 e. The summed E-state index contributed by atoms with van der Waals surface area (Å²) in [5.41, 5.74) is 2.16. The number of para-hydroxylation sites is 1. The molecule has 1 aliphatic rings. The highest BCUT2D eigenvalue weighted by Crippen LogP contribution is 2.37. The lowest BCUT2D eigenvalue weighted by Gasteiger charge is -2.37. The maximum absolute atomic E-state index is 11.3. The monoisotopic (exact) mass is 359 g/mol. The first kappa shape index (κ1) is 17.8. The number of benzene rings is 2. The van der Waals surface area contributed by atoms with Crippen LogP contribution in [0.1, 0.15) is 30.0 Å². The van der Waals surface area contributed by atoms with Crippen molar-refractivity contribution in [2.45, 2.75) is 18.9 Å². The first-order valence-electron chi connectivity index (χ1n) is 8.45. The zero-order valence-corrected chi connectivity index (χ0v) is 14.9. The average Bonchev–Trinajstić information content (AvgIpc) is 2.63. The first-order valence-corrected chi connectivity index (χ1v) is 8.83. The second-order valence-electron chi connectivity index (χ2n) is 6.35. The number of halogens is 1. The number of hydrogen-bond donors (Lipinski definition) is 1. The predicted octanol–water partition coefficient (Wildman–Crippen LogP) is 4.23. The molecular formula is C20H22ClNO3. The summed E-state index contributed by atoms with van der Waals surface area (Å²) in [6.07, 6.45) is 1.31. The molecule has 0 amide bonds. The van der Waals surface area contributed by atoms with Crippen molar-refractivity contribution >= 4 is 17.6 Å². The number of methoxy groups -OCH3 is 1. The lowest BCUT2D eigenvalue weighted by molar-refractivity contribution is -0.143. The van der Waals surface area contributed by atoms with Gasteiger partial charge in [-0.05, 0) is 49.7 Å². The molecule has 0 radical (unpaired) electrons. The fourth-order valence-electron chi connectivity index (χ4n) is 3.56. The van der Waals surface area contributed by atoms with Gasteiger partial charge in [0, 0.05) is 10.6 Å². The number of piperidine rings is 1. The summed E-state index contributed by atoms with van der Waals surface area (Å²) in [5, 5.41) is 9.95. The molecule has 0 saturated carbocycles. The molecule has 5 heteroatoms. The van der Waals surface area contributed by atoms with Crippen molar-refractivity contribution < 1.29 is 14.6 Å². The molecule has 4 nitrogen and oxygen atoms in total. The zero-order chi connectivity index (χ0) is 17.8. The maximum atomic E-state index is 11.3. The lowest BCUT2D eigenvalue weighted by Crippen LogP contribution is -2.39. The lowest BCUT2D eigenvalue weighted by atomic mass is 9.91. The molecule has 25 heavy (non-hydrogen) atoms. The van der Waals surface area contributed by atoms with Gasteiger partial charge in [0.2, 0.25) is 0 Å². The van der Waals surface area contributed by atoms with Gasteiger partial charge < -0.3 is 9.84 Å². The summed E-state index contributed by atoms with van der Waals surface area (Å²) in [7, 11) is 1.67.